The first-order chi connectivity index (χ1) is 14.3. The van der Waals surface area contributed by atoms with Gasteiger partial charge < -0.3 is 5.32 Å². The Balaban J connectivity index is 2.04. The zero-order chi connectivity index (χ0) is 21.7. The van der Waals surface area contributed by atoms with Gasteiger partial charge in [0.2, 0.25) is 5.91 Å². The number of halogens is 3. The molecule has 160 valence electrons. The summed E-state index contributed by atoms with van der Waals surface area (Å²) in [7, 11) is 0. The van der Waals surface area contributed by atoms with Crippen LogP contribution in [0.15, 0.2) is 48.8 Å². The molecule has 3 rings (SSSR count). The summed E-state index contributed by atoms with van der Waals surface area (Å²) in [5.74, 6) is -2.72. The van der Waals surface area contributed by atoms with Crippen LogP contribution in [0.2, 0.25) is 0 Å². The Morgan fingerprint density at radius 3 is 2.20 bits per heavy atom. The van der Waals surface area contributed by atoms with Crippen LogP contribution in [0.5, 0.6) is 0 Å². The van der Waals surface area contributed by atoms with Crippen molar-refractivity contribution in [1.82, 2.24) is 10.3 Å². The van der Waals surface area contributed by atoms with E-state index >= 15 is 0 Å². The number of carbonyl (C=O) groups is 2. The van der Waals surface area contributed by atoms with Crippen LogP contribution in [0.3, 0.4) is 0 Å². The highest BCUT2D eigenvalue weighted by atomic mass is 19.4. The fraction of sp³-hybridized carbons (Fsp3) is 0.409. The van der Waals surface area contributed by atoms with Gasteiger partial charge in [0, 0.05) is 24.1 Å². The van der Waals surface area contributed by atoms with Gasteiger partial charge in [0.25, 0.3) is 0 Å². The smallest absolute Gasteiger partial charge is 0.351 e. The summed E-state index contributed by atoms with van der Waals surface area (Å²) in [5.41, 5.74) is 1.09. The van der Waals surface area contributed by atoms with Crippen molar-refractivity contribution in [1.29, 1.82) is 0 Å². The number of alkyl halides is 3. The van der Waals surface area contributed by atoms with Crippen molar-refractivity contribution < 1.29 is 22.8 Å². The van der Waals surface area contributed by atoms with E-state index in [0.29, 0.717) is 4.90 Å². The van der Waals surface area contributed by atoms with Crippen molar-refractivity contribution in [2.45, 2.75) is 57.3 Å². The van der Waals surface area contributed by atoms with Crippen molar-refractivity contribution in [2.75, 3.05) is 4.90 Å². The van der Waals surface area contributed by atoms with Gasteiger partial charge in [-0.05, 0) is 49.6 Å². The number of amides is 2. The van der Waals surface area contributed by atoms with Gasteiger partial charge in [-0.1, -0.05) is 37.0 Å². The average molecular weight is 419 g/mol. The van der Waals surface area contributed by atoms with Crippen LogP contribution in [0, 0.1) is 6.92 Å². The molecule has 0 saturated heterocycles. The molecule has 0 bridgehead atoms. The van der Waals surface area contributed by atoms with Gasteiger partial charge in [-0.15, -0.1) is 0 Å². The number of rotatable bonds is 5. The second-order valence-electron chi connectivity index (χ2n) is 7.54. The molecule has 0 unspecified atom stereocenters. The van der Waals surface area contributed by atoms with Gasteiger partial charge in [0.05, 0.1) is 0 Å². The minimum absolute atomic E-state index is 0.00327. The van der Waals surface area contributed by atoms with E-state index in [0.717, 1.165) is 37.7 Å². The highest BCUT2D eigenvalue weighted by Crippen LogP contribution is 2.33. The van der Waals surface area contributed by atoms with Crippen LogP contribution in [0.1, 0.15) is 49.3 Å². The number of benzene rings is 1. The summed E-state index contributed by atoms with van der Waals surface area (Å²) in [6.07, 6.45) is 2.16. The summed E-state index contributed by atoms with van der Waals surface area (Å²) in [5, 5.41) is 2.86. The Labute approximate surface area is 173 Å². The first-order valence-corrected chi connectivity index (χ1v) is 9.94. The molecular weight excluding hydrogens is 395 g/mol. The maximum atomic E-state index is 13.5. The molecule has 0 spiro atoms. The lowest BCUT2D eigenvalue weighted by molar-refractivity contribution is -0.171. The molecule has 1 saturated carbocycles. The van der Waals surface area contributed by atoms with Crippen LogP contribution in [0.25, 0.3) is 0 Å². The number of aryl methyl sites for hydroxylation is 1. The highest BCUT2D eigenvalue weighted by Gasteiger charge is 2.47. The topological polar surface area (TPSA) is 62.3 Å². The quantitative estimate of drug-likeness (QED) is 0.778. The van der Waals surface area contributed by atoms with Crippen LogP contribution >= 0.6 is 0 Å². The first kappa shape index (κ1) is 21.8. The van der Waals surface area contributed by atoms with E-state index in [-0.39, 0.29) is 17.3 Å². The molecule has 8 heteroatoms. The van der Waals surface area contributed by atoms with E-state index in [2.05, 4.69) is 10.3 Å². The van der Waals surface area contributed by atoms with Gasteiger partial charge in [-0.25, -0.2) is 0 Å². The second-order valence-corrected chi connectivity index (χ2v) is 7.54. The van der Waals surface area contributed by atoms with Gasteiger partial charge in [0.15, 0.2) is 0 Å². The number of hydrogen-bond acceptors (Lipinski definition) is 3. The molecule has 1 fully saturated rings. The fourth-order valence-electron chi connectivity index (χ4n) is 3.72. The predicted octanol–water partition coefficient (Wildman–Crippen LogP) is 4.48. The van der Waals surface area contributed by atoms with Gasteiger partial charge >= 0.3 is 12.1 Å². The van der Waals surface area contributed by atoms with Crippen molar-refractivity contribution in [3.63, 3.8) is 0 Å². The highest BCUT2D eigenvalue weighted by molar-refractivity contribution is 6.03. The van der Waals surface area contributed by atoms with Crippen molar-refractivity contribution in [3.05, 3.63) is 59.9 Å². The van der Waals surface area contributed by atoms with Gasteiger partial charge in [-0.2, -0.15) is 13.2 Å². The maximum Gasteiger partial charge on any atom is 0.471 e. The summed E-state index contributed by atoms with van der Waals surface area (Å²) in [6, 6.07) is 7.38. The second kappa shape index (κ2) is 9.28. The summed E-state index contributed by atoms with van der Waals surface area (Å²) in [6.45, 7) is 1.79. The lowest BCUT2D eigenvalue weighted by Gasteiger charge is -2.33. The van der Waals surface area contributed by atoms with Crippen LogP contribution in [0.4, 0.5) is 18.9 Å². The summed E-state index contributed by atoms with van der Waals surface area (Å²) >= 11 is 0. The molecule has 2 amide bonds. The molecular formula is C22H24F3N3O2. The van der Waals surface area contributed by atoms with Crippen molar-refractivity contribution >= 4 is 17.5 Å². The third-order valence-corrected chi connectivity index (χ3v) is 5.25. The summed E-state index contributed by atoms with van der Waals surface area (Å²) in [4.78, 5) is 30.1. The molecule has 1 aromatic carbocycles. The molecule has 1 heterocycles. The molecule has 5 nitrogen and oxygen atoms in total. The van der Waals surface area contributed by atoms with Crippen molar-refractivity contribution in [3.8, 4) is 0 Å². The number of carbonyl (C=O) groups excluding carboxylic acids is 2. The van der Waals surface area contributed by atoms with Gasteiger partial charge in [-0.3, -0.25) is 19.5 Å². The number of anilines is 1. The average Bonchev–Trinajstić information content (AvgIpc) is 2.73. The van der Waals surface area contributed by atoms with Crippen LogP contribution < -0.4 is 10.2 Å². The molecule has 1 aromatic heterocycles. The summed E-state index contributed by atoms with van der Waals surface area (Å²) < 4.78 is 40.6. The zero-order valence-electron chi connectivity index (χ0n) is 16.7. The molecule has 1 atom stereocenters. The fourth-order valence-corrected chi connectivity index (χ4v) is 3.72. The number of nitrogens with zero attached hydrogens (tertiary/aromatic N) is 2. The molecule has 30 heavy (non-hydrogen) atoms. The van der Waals surface area contributed by atoms with Crippen molar-refractivity contribution in [2.24, 2.45) is 0 Å². The largest absolute Gasteiger partial charge is 0.471 e. The predicted molar refractivity (Wildman–Crippen MR) is 107 cm³/mol. The Morgan fingerprint density at radius 1 is 1.03 bits per heavy atom. The first-order valence-electron chi connectivity index (χ1n) is 9.94. The number of aromatic nitrogens is 1. The third-order valence-electron chi connectivity index (χ3n) is 5.25. The standard InChI is InChI=1S/C22H24F3N3O2/c1-15-7-9-18(10-8-15)28(21(30)22(23,24)25)19(16-11-13-26-14-12-16)20(29)27-17-5-3-2-4-6-17/h7-14,17,19H,2-6H2,1H3,(H,27,29)/t19-/m1/s1. The van der Waals surface area contributed by atoms with E-state index < -0.39 is 24.0 Å². The van der Waals surface area contributed by atoms with Crippen LogP contribution in [-0.4, -0.2) is 29.0 Å². The Morgan fingerprint density at radius 2 is 1.63 bits per heavy atom. The Kier molecular flexibility index (Phi) is 6.74. The molecule has 0 aliphatic heterocycles. The monoisotopic (exact) mass is 419 g/mol. The number of nitrogens with one attached hydrogen (secondary N) is 1. The molecule has 2 aromatic rings. The molecule has 0 radical (unpaired) electrons. The van der Waals surface area contributed by atoms with E-state index in [1.807, 2.05) is 0 Å². The lowest BCUT2D eigenvalue weighted by atomic mass is 9.94. The normalized spacial score (nSPS) is 16.0. The third kappa shape index (κ3) is 5.17. The minimum atomic E-state index is -5.14. The minimum Gasteiger partial charge on any atom is -0.351 e. The van der Waals surface area contributed by atoms with E-state index in [9.17, 15) is 22.8 Å². The van der Waals surface area contributed by atoms with E-state index in [1.165, 1.54) is 36.7 Å². The van der Waals surface area contributed by atoms with E-state index in [1.54, 1.807) is 19.1 Å². The maximum absolute atomic E-state index is 13.5. The Bertz CT molecular complexity index is 863. The molecule has 1 aliphatic rings. The number of hydrogen-bond donors (Lipinski definition) is 1. The molecule has 1 N–H and O–H groups in total. The van der Waals surface area contributed by atoms with Crippen LogP contribution in [-0.2, 0) is 9.59 Å². The zero-order valence-corrected chi connectivity index (χ0v) is 16.7. The number of pyridine rings is 1. The molecule has 1 aliphatic carbocycles. The lowest BCUT2D eigenvalue weighted by Crippen LogP contribution is -2.50. The van der Waals surface area contributed by atoms with Gasteiger partial charge in [0.1, 0.15) is 6.04 Å². The SMILES string of the molecule is Cc1ccc(N(C(=O)C(F)(F)F)[C@@H](C(=O)NC2CCCCC2)c2ccncc2)cc1. The van der Waals surface area contributed by atoms with E-state index in [4.69, 9.17) is 0 Å². The Hall–Kier alpha value is -2.90.